The van der Waals surface area contributed by atoms with E-state index in [1.54, 1.807) is 51.4 Å². The lowest BCUT2D eigenvalue weighted by Crippen LogP contribution is -2.27. The van der Waals surface area contributed by atoms with Crippen molar-refractivity contribution in [3.05, 3.63) is 81.3 Å². The molecule has 0 aliphatic heterocycles. The number of aromatic nitrogens is 2. The van der Waals surface area contributed by atoms with Gasteiger partial charge in [0.25, 0.3) is 17.4 Å². The second kappa shape index (κ2) is 8.55. The maximum atomic E-state index is 12.9. The Hall–Kier alpha value is -4.38. The minimum atomic E-state index is -0.642. The predicted octanol–water partition coefficient (Wildman–Crippen LogP) is 2.18. The number of phenolic OH excluding ortho intramolecular Hbond substituents is 1. The number of rotatable bonds is 4. The lowest BCUT2D eigenvalue weighted by atomic mass is 10.1. The molecule has 0 unspecified atom stereocenters. The Balaban J connectivity index is 1.98. The van der Waals surface area contributed by atoms with Crippen LogP contribution >= 0.6 is 0 Å². The van der Waals surface area contributed by atoms with Crippen molar-refractivity contribution in [1.82, 2.24) is 14.7 Å². The highest BCUT2D eigenvalue weighted by atomic mass is 16.3. The second-order valence-electron chi connectivity index (χ2n) is 6.97. The first-order valence-corrected chi connectivity index (χ1v) is 9.26. The van der Waals surface area contributed by atoms with Gasteiger partial charge in [-0.15, -0.1) is 6.42 Å². The summed E-state index contributed by atoms with van der Waals surface area (Å²) in [5, 5.41) is 17.2. The minimum Gasteiger partial charge on any atom is -0.505 e. The largest absolute Gasteiger partial charge is 0.505 e. The van der Waals surface area contributed by atoms with Gasteiger partial charge in [-0.1, -0.05) is 12.0 Å². The third-order valence-corrected chi connectivity index (χ3v) is 4.54. The standard InChI is InChI=1S/C23H20N4O4/c1-5-15-9-11-16(12-10-15)27-19(28)13-14(2)20(25-27)22(30)24-18-8-6-7-17(21(18)29)23(31)26(3)4/h1,6-13,29H,2-4H3,(H,24,30). The number of carbonyl (C=O) groups is 2. The van der Waals surface area contributed by atoms with Gasteiger partial charge in [-0.2, -0.15) is 9.78 Å². The molecule has 0 fully saturated rings. The highest BCUT2D eigenvalue weighted by molar-refractivity contribution is 6.06. The molecular weight excluding hydrogens is 396 g/mol. The molecule has 156 valence electrons. The molecule has 0 aliphatic carbocycles. The van der Waals surface area contributed by atoms with Crippen molar-refractivity contribution < 1.29 is 14.7 Å². The molecule has 0 aliphatic rings. The molecule has 0 saturated heterocycles. The van der Waals surface area contributed by atoms with Crippen LogP contribution in [-0.2, 0) is 0 Å². The zero-order chi connectivity index (χ0) is 22.7. The lowest BCUT2D eigenvalue weighted by molar-refractivity contribution is 0.0824. The van der Waals surface area contributed by atoms with Crippen molar-refractivity contribution in [1.29, 1.82) is 0 Å². The van der Waals surface area contributed by atoms with E-state index in [0.717, 1.165) is 4.68 Å². The summed E-state index contributed by atoms with van der Waals surface area (Å²) in [5.74, 6) is 1.08. The van der Waals surface area contributed by atoms with Crippen LogP contribution in [0.2, 0.25) is 0 Å². The fourth-order valence-electron chi connectivity index (χ4n) is 2.89. The predicted molar refractivity (Wildman–Crippen MR) is 117 cm³/mol. The van der Waals surface area contributed by atoms with E-state index in [0.29, 0.717) is 16.8 Å². The molecule has 0 saturated carbocycles. The van der Waals surface area contributed by atoms with Crippen LogP contribution in [-0.4, -0.2) is 45.7 Å². The normalized spacial score (nSPS) is 10.3. The number of aryl methyl sites for hydroxylation is 1. The van der Waals surface area contributed by atoms with Gasteiger partial charge in [-0.25, -0.2) is 0 Å². The molecule has 0 radical (unpaired) electrons. The van der Waals surface area contributed by atoms with E-state index in [1.165, 1.54) is 23.1 Å². The van der Waals surface area contributed by atoms with Crippen LogP contribution in [0.25, 0.3) is 5.69 Å². The number of hydrogen-bond acceptors (Lipinski definition) is 5. The molecule has 31 heavy (non-hydrogen) atoms. The topological polar surface area (TPSA) is 105 Å². The van der Waals surface area contributed by atoms with Crippen molar-refractivity contribution in [2.45, 2.75) is 6.92 Å². The van der Waals surface area contributed by atoms with E-state index in [4.69, 9.17) is 6.42 Å². The highest BCUT2D eigenvalue weighted by Crippen LogP contribution is 2.28. The van der Waals surface area contributed by atoms with E-state index >= 15 is 0 Å². The Bertz CT molecular complexity index is 1270. The molecule has 1 heterocycles. The number of anilines is 1. The fraction of sp³-hybridized carbons (Fsp3) is 0.130. The quantitative estimate of drug-likeness (QED) is 0.501. The third kappa shape index (κ3) is 4.31. The van der Waals surface area contributed by atoms with Gasteiger partial charge in [-0.05, 0) is 48.9 Å². The number of nitrogens with one attached hydrogen (secondary N) is 1. The first-order valence-electron chi connectivity index (χ1n) is 9.26. The Morgan fingerprint density at radius 3 is 2.45 bits per heavy atom. The van der Waals surface area contributed by atoms with E-state index < -0.39 is 17.4 Å². The number of amides is 2. The molecule has 2 N–H and O–H groups in total. The molecule has 0 spiro atoms. The number of phenols is 1. The average Bonchev–Trinajstić information content (AvgIpc) is 2.74. The van der Waals surface area contributed by atoms with E-state index in [9.17, 15) is 19.5 Å². The van der Waals surface area contributed by atoms with Crippen LogP contribution in [0, 0.1) is 19.3 Å². The van der Waals surface area contributed by atoms with E-state index in [1.807, 2.05) is 0 Å². The van der Waals surface area contributed by atoms with Gasteiger partial charge in [0.05, 0.1) is 16.9 Å². The molecule has 0 atom stereocenters. The maximum Gasteiger partial charge on any atom is 0.276 e. The van der Waals surface area contributed by atoms with E-state index in [-0.39, 0.29) is 22.7 Å². The molecule has 2 aromatic carbocycles. The van der Waals surface area contributed by atoms with Gasteiger partial charge in [-0.3, -0.25) is 14.4 Å². The van der Waals surface area contributed by atoms with Crippen LogP contribution < -0.4 is 10.9 Å². The molecule has 8 nitrogen and oxygen atoms in total. The van der Waals surface area contributed by atoms with Crippen LogP contribution in [0.5, 0.6) is 5.75 Å². The minimum absolute atomic E-state index is 0.00985. The number of terminal acetylenes is 1. The maximum absolute atomic E-state index is 12.9. The summed E-state index contributed by atoms with van der Waals surface area (Å²) in [7, 11) is 3.11. The van der Waals surface area contributed by atoms with Crippen LogP contribution in [0.1, 0.15) is 32.0 Å². The average molecular weight is 416 g/mol. The lowest BCUT2D eigenvalue weighted by Gasteiger charge is -2.15. The first kappa shape index (κ1) is 21.3. The smallest absolute Gasteiger partial charge is 0.276 e. The third-order valence-electron chi connectivity index (χ3n) is 4.54. The Morgan fingerprint density at radius 1 is 1.16 bits per heavy atom. The summed E-state index contributed by atoms with van der Waals surface area (Å²) in [4.78, 5) is 38.8. The van der Waals surface area contributed by atoms with Crippen LogP contribution in [0.15, 0.2) is 53.3 Å². The van der Waals surface area contributed by atoms with Gasteiger partial charge in [0.2, 0.25) is 0 Å². The number of carbonyl (C=O) groups excluding carboxylic acids is 2. The number of aromatic hydroxyl groups is 1. The molecule has 1 aromatic heterocycles. The molecule has 2 amide bonds. The molecule has 8 heteroatoms. The van der Waals surface area contributed by atoms with Gasteiger partial charge in [0.1, 0.15) is 0 Å². The number of benzene rings is 2. The highest BCUT2D eigenvalue weighted by Gasteiger charge is 2.20. The summed E-state index contributed by atoms with van der Waals surface area (Å²) >= 11 is 0. The second-order valence-corrected chi connectivity index (χ2v) is 6.97. The van der Waals surface area contributed by atoms with Gasteiger partial charge >= 0.3 is 0 Å². The monoisotopic (exact) mass is 416 g/mol. The van der Waals surface area contributed by atoms with Crippen molar-refractivity contribution in [2.24, 2.45) is 0 Å². The zero-order valence-corrected chi connectivity index (χ0v) is 17.2. The van der Waals surface area contributed by atoms with Crippen molar-refractivity contribution in [3.63, 3.8) is 0 Å². The summed E-state index contributed by atoms with van der Waals surface area (Å²) in [6.07, 6.45) is 5.35. The molecule has 0 bridgehead atoms. The first-order chi connectivity index (χ1) is 14.7. The van der Waals surface area contributed by atoms with Gasteiger partial charge < -0.3 is 15.3 Å². The number of para-hydroxylation sites is 1. The zero-order valence-electron chi connectivity index (χ0n) is 17.2. The van der Waals surface area contributed by atoms with E-state index in [2.05, 4.69) is 16.3 Å². The summed E-state index contributed by atoms with van der Waals surface area (Å²) in [5.41, 5.74) is 1.12. The molecular formula is C23H20N4O4. The summed E-state index contributed by atoms with van der Waals surface area (Å²) in [6, 6.07) is 12.3. The Morgan fingerprint density at radius 2 is 1.84 bits per heavy atom. The summed E-state index contributed by atoms with van der Waals surface area (Å²) in [6.45, 7) is 1.58. The van der Waals surface area contributed by atoms with Gasteiger partial charge in [0, 0.05) is 25.7 Å². The summed E-state index contributed by atoms with van der Waals surface area (Å²) < 4.78 is 1.09. The van der Waals surface area contributed by atoms with Crippen LogP contribution in [0.3, 0.4) is 0 Å². The molecule has 3 rings (SSSR count). The Labute approximate surface area is 178 Å². The number of nitrogens with zero attached hydrogens (tertiary/aromatic N) is 3. The SMILES string of the molecule is C#Cc1ccc(-n2nc(C(=O)Nc3cccc(C(=O)N(C)C)c3O)c(C)cc2=O)cc1. The van der Waals surface area contributed by atoms with Crippen LogP contribution in [0.4, 0.5) is 5.69 Å². The number of hydrogen-bond donors (Lipinski definition) is 2. The van der Waals surface area contributed by atoms with Crippen molar-refractivity contribution in [3.8, 4) is 23.8 Å². The Kier molecular flexibility index (Phi) is 5.88. The molecule has 3 aromatic rings. The van der Waals surface area contributed by atoms with Crippen molar-refractivity contribution in [2.75, 3.05) is 19.4 Å². The van der Waals surface area contributed by atoms with Crippen molar-refractivity contribution >= 4 is 17.5 Å². The van der Waals surface area contributed by atoms with Gasteiger partial charge in [0.15, 0.2) is 11.4 Å². The fourth-order valence-corrected chi connectivity index (χ4v) is 2.89.